The Labute approximate surface area is 92.2 Å². The van der Waals surface area contributed by atoms with Crippen LogP contribution in [-0.2, 0) is 0 Å². The topological polar surface area (TPSA) is 41.9 Å². The molecule has 6 heteroatoms. The molecule has 2 rings (SSSR count). The molecular formula is C8H10Cl2N4. The highest BCUT2D eigenvalue weighted by molar-refractivity contribution is 6.32. The molecule has 14 heavy (non-hydrogen) atoms. The van der Waals surface area contributed by atoms with Gasteiger partial charge in [-0.2, -0.15) is 4.98 Å². The fraction of sp³-hybridized carbons (Fsp3) is 0.625. The van der Waals surface area contributed by atoms with E-state index < -0.39 is 0 Å². The summed E-state index contributed by atoms with van der Waals surface area (Å²) in [4.78, 5) is 6.08. The van der Waals surface area contributed by atoms with Crippen LogP contribution in [0.25, 0.3) is 0 Å². The third kappa shape index (κ3) is 1.77. The number of rotatable bonds is 2. The lowest BCUT2D eigenvalue weighted by molar-refractivity contribution is 0.399. The molecule has 76 valence electrons. The Balaban J connectivity index is 2.24. The largest absolute Gasteiger partial charge is 0.354 e. The molecule has 0 amide bonds. The van der Waals surface area contributed by atoms with E-state index in [0.717, 1.165) is 0 Å². The van der Waals surface area contributed by atoms with Crippen molar-refractivity contribution in [3.05, 3.63) is 10.4 Å². The number of hydrogen-bond donors (Lipinski definition) is 0. The molecule has 0 aliphatic heterocycles. The Kier molecular flexibility index (Phi) is 2.74. The molecule has 1 aliphatic carbocycles. The Bertz CT molecular complexity index is 340. The smallest absolute Gasteiger partial charge is 0.245 e. The molecular weight excluding hydrogens is 223 g/mol. The van der Waals surface area contributed by atoms with Gasteiger partial charge in [-0.05, 0) is 30.9 Å². The number of halogens is 2. The minimum Gasteiger partial charge on any atom is -0.354 e. The first-order valence-electron chi connectivity index (χ1n) is 4.47. The average Bonchev–Trinajstić information content (AvgIpc) is 2.06. The van der Waals surface area contributed by atoms with Crippen LogP contribution in [0.15, 0.2) is 0 Å². The van der Waals surface area contributed by atoms with Crippen LogP contribution < -0.4 is 4.90 Å². The van der Waals surface area contributed by atoms with Gasteiger partial charge in [-0.3, -0.25) is 0 Å². The number of aromatic nitrogens is 3. The summed E-state index contributed by atoms with van der Waals surface area (Å²) in [6.45, 7) is 0. The van der Waals surface area contributed by atoms with Crippen LogP contribution in [-0.4, -0.2) is 28.3 Å². The number of hydrogen-bond acceptors (Lipinski definition) is 4. The maximum atomic E-state index is 5.88. The van der Waals surface area contributed by atoms with Crippen molar-refractivity contribution in [3.63, 3.8) is 0 Å². The highest BCUT2D eigenvalue weighted by Gasteiger charge is 2.25. The first kappa shape index (κ1) is 9.93. The molecule has 1 aliphatic rings. The van der Waals surface area contributed by atoms with Crippen molar-refractivity contribution in [2.24, 2.45) is 0 Å². The van der Waals surface area contributed by atoms with Crippen molar-refractivity contribution in [2.45, 2.75) is 25.3 Å². The first-order chi connectivity index (χ1) is 6.68. The SMILES string of the molecule is CN(c1nc(Cl)nnc1Cl)C1CCC1. The van der Waals surface area contributed by atoms with E-state index in [-0.39, 0.29) is 5.28 Å². The maximum Gasteiger partial charge on any atom is 0.245 e. The number of anilines is 1. The van der Waals surface area contributed by atoms with Gasteiger partial charge >= 0.3 is 0 Å². The highest BCUT2D eigenvalue weighted by atomic mass is 35.5. The van der Waals surface area contributed by atoms with Gasteiger partial charge in [0.05, 0.1) is 0 Å². The lowest BCUT2D eigenvalue weighted by atomic mass is 9.92. The van der Waals surface area contributed by atoms with Crippen molar-refractivity contribution in [3.8, 4) is 0 Å². The Hall–Kier alpha value is -0.610. The molecule has 4 nitrogen and oxygen atoms in total. The van der Waals surface area contributed by atoms with E-state index in [2.05, 4.69) is 15.2 Å². The average molecular weight is 233 g/mol. The van der Waals surface area contributed by atoms with Crippen LogP contribution in [0.5, 0.6) is 0 Å². The zero-order valence-electron chi connectivity index (χ0n) is 7.74. The summed E-state index contributed by atoms with van der Waals surface area (Å²) < 4.78 is 0. The second kappa shape index (κ2) is 3.87. The number of nitrogens with zero attached hydrogens (tertiary/aromatic N) is 4. The van der Waals surface area contributed by atoms with E-state index in [9.17, 15) is 0 Å². The molecule has 1 fully saturated rings. The Morgan fingerprint density at radius 3 is 2.57 bits per heavy atom. The Morgan fingerprint density at radius 2 is 2.00 bits per heavy atom. The summed E-state index contributed by atoms with van der Waals surface area (Å²) >= 11 is 11.5. The van der Waals surface area contributed by atoms with Crippen molar-refractivity contribution in [1.82, 2.24) is 15.2 Å². The standard InChI is InChI=1S/C8H10Cl2N4/c1-14(5-3-2-4-5)7-6(9)12-13-8(10)11-7/h5H,2-4H2,1H3. The second-order valence-corrected chi connectivity index (χ2v) is 4.09. The van der Waals surface area contributed by atoms with Crippen LogP contribution in [0.2, 0.25) is 10.4 Å². The Morgan fingerprint density at radius 1 is 1.29 bits per heavy atom. The van der Waals surface area contributed by atoms with Gasteiger partial charge in [0.2, 0.25) is 5.28 Å². The molecule has 0 bridgehead atoms. The summed E-state index contributed by atoms with van der Waals surface area (Å²) in [5, 5.41) is 7.73. The van der Waals surface area contributed by atoms with Crippen LogP contribution in [0.3, 0.4) is 0 Å². The molecule has 1 saturated carbocycles. The first-order valence-corrected chi connectivity index (χ1v) is 5.22. The molecule has 0 N–H and O–H groups in total. The van der Waals surface area contributed by atoms with Gasteiger partial charge in [0.25, 0.3) is 0 Å². The zero-order valence-corrected chi connectivity index (χ0v) is 9.26. The lowest BCUT2D eigenvalue weighted by Gasteiger charge is -2.35. The van der Waals surface area contributed by atoms with Crippen LogP contribution in [0, 0.1) is 0 Å². The van der Waals surface area contributed by atoms with E-state index in [1.165, 1.54) is 19.3 Å². The highest BCUT2D eigenvalue weighted by Crippen LogP contribution is 2.30. The van der Waals surface area contributed by atoms with Crippen LogP contribution in [0.1, 0.15) is 19.3 Å². The van der Waals surface area contributed by atoms with Gasteiger partial charge in [0, 0.05) is 13.1 Å². The fourth-order valence-corrected chi connectivity index (χ4v) is 1.79. The summed E-state index contributed by atoms with van der Waals surface area (Å²) in [5.41, 5.74) is 0. The van der Waals surface area contributed by atoms with Crippen LogP contribution >= 0.6 is 23.2 Å². The summed E-state index contributed by atoms with van der Waals surface area (Å²) in [6.07, 6.45) is 3.61. The second-order valence-electron chi connectivity index (χ2n) is 3.39. The van der Waals surface area contributed by atoms with E-state index in [1.54, 1.807) is 0 Å². The lowest BCUT2D eigenvalue weighted by Crippen LogP contribution is -2.38. The summed E-state index contributed by atoms with van der Waals surface area (Å²) in [7, 11) is 1.95. The quantitative estimate of drug-likeness (QED) is 0.784. The molecule has 0 radical (unpaired) electrons. The fourth-order valence-electron chi connectivity index (χ4n) is 1.46. The van der Waals surface area contributed by atoms with Gasteiger partial charge in [-0.15, -0.1) is 10.2 Å². The maximum absolute atomic E-state index is 5.88. The molecule has 1 aromatic heterocycles. The van der Waals surface area contributed by atoms with Crippen molar-refractivity contribution >= 4 is 29.0 Å². The minimum atomic E-state index is 0.135. The van der Waals surface area contributed by atoms with Gasteiger partial charge < -0.3 is 4.90 Å². The molecule has 0 unspecified atom stereocenters. The van der Waals surface area contributed by atoms with E-state index in [1.807, 2.05) is 11.9 Å². The molecule has 1 aromatic rings. The third-order valence-electron chi connectivity index (χ3n) is 2.56. The van der Waals surface area contributed by atoms with Gasteiger partial charge in [-0.25, -0.2) is 0 Å². The summed E-state index contributed by atoms with van der Waals surface area (Å²) in [5.74, 6) is 0.622. The molecule has 0 aromatic carbocycles. The predicted molar refractivity (Wildman–Crippen MR) is 55.9 cm³/mol. The third-order valence-corrected chi connectivity index (χ3v) is 2.96. The van der Waals surface area contributed by atoms with E-state index >= 15 is 0 Å². The minimum absolute atomic E-state index is 0.135. The van der Waals surface area contributed by atoms with Crippen molar-refractivity contribution in [1.29, 1.82) is 0 Å². The van der Waals surface area contributed by atoms with Crippen molar-refractivity contribution < 1.29 is 0 Å². The molecule has 0 spiro atoms. The van der Waals surface area contributed by atoms with Gasteiger partial charge in [0.1, 0.15) is 0 Å². The van der Waals surface area contributed by atoms with E-state index in [4.69, 9.17) is 23.2 Å². The van der Waals surface area contributed by atoms with Gasteiger partial charge in [-0.1, -0.05) is 11.6 Å². The molecule has 0 atom stereocenters. The summed E-state index contributed by atoms with van der Waals surface area (Å²) in [6, 6.07) is 0.514. The predicted octanol–water partition coefficient (Wildman–Crippen LogP) is 2.17. The van der Waals surface area contributed by atoms with Crippen LogP contribution in [0.4, 0.5) is 5.82 Å². The van der Waals surface area contributed by atoms with E-state index in [0.29, 0.717) is 17.0 Å². The molecule has 0 saturated heterocycles. The van der Waals surface area contributed by atoms with Crippen molar-refractivity contribution in [2.75, 3.05) is 11.9 Å². The zero-order chi connectivity index (χ0) is 10.1. The molecule has 1 heterocycles. The normalized spacial score (nSPS) is 16.5. The van der Waals surface area contributed by atoms with Gasteiger partial charge in [0.15, 0.2) is 11.0 Å². The monoisotopic (exact) mass is 232 g/mol.